The monoisotopic (exact) mass is 358 g/mol. The van der Waals surface area contributed by atoms with Crippen molar-refractivity contribution < 1.29 is 4.74 Å². The van der Waals surface area contributed by atoms with E-state index in [0.29, 0.717) is 29.5 Å². The van der Waals surface area contributed by atoms with Gasteiger partial charge in [-0.05, 0) is 32.6 Å². The van der Waals surface area contributed by atoms with Crippen LogP contribution in [0.25, 0.3) is 0 Å². The summed E-state index contributed by atoms with van der Waals surface area (Å²) in [6, 6.07) is 0.862. The highest BCUT2D eigenvalue weighted by molar-refractivity contribution is 5.80. The molecule has 4 aliphatic rings. The van der Waals surface area contributed by atoms with Gasteiger partial charge in [-0.15, -0.1) is 0 Å². The third kappa shape index (κ3) is 2.47. The van der Waals surface area contributed by atoms with Crippen LogP contribution in [0.1, 0.15) is 50.2 Å². The molecule has 2 aliphatic heterocycles. The molecule has 7 nitrogen and oxygen atoms in total. The van der Waals surface area contributed by atoms with Gasteiger partial charge in [0.25, 0.3) is 0 Å². The van der Waals surface area contributed by atoms with Crippen molar-refractivity contribution in [2.75, 3.05) is 13.7 Å². The Morgan fingerprint density at radius 1 is 1.27 bits per heavy atom. The second-order valence-electron chi connectivity index (χ2n) is 8.52. The molecular weight excluding hydrogens is 328 g/mol. The van der Waals surface area contributed by atoms with E-state index < -0.39 is 0 Å². The van der Waals surface area contributed by atoms with Crippen LogP contribution in [-0.2, 0) is 17.7 Å². The van der Waals surface area contributed by atoms with Crippen molar-refractivity contribution in [3.05, 3.63) is 11.6 Å². The molecule has 3 fully saturated rings. The molecule has 1 aromatic rings. The summed E-state index contributed by atoms with van der Waals surface area (Å²) in [5, 5.41) is 12.0. The molecule has 5 rings (SSSR count). The number of ether oxygens (including phenoxy) is 1. The number of aryl methyl sites for hydroxylation is 2. The Hall–Kier alpha value is -1.63. The number of aliphatic imine (C=N–C) groups is 1. The molecule has 142 valence electrons. The fourth-order valence-corrected chi connectivity index (χ4v) is 5.97. The van der Waals surface area contributed by atoms with Crippen LogP contribution in [0.4, 0.5) is 0 Å². The molecule has 2 saturated carbocycles. The summed E-state index contributed by atoms with van der Waals surface area (Å²) in [5.41, 5.74) is 0.349. The van der Waals surface area contributed by atoms with Gasteiger partial charge in [0.15, 0.2) is 5.96 Å². The van der Waals surface area contributed by atoms with E-state index in [2.05, 4.69) is 25.7 Å². The number of nitrogens with zero attached hydrogens (tertiary/aromatic N) is 4. The number of rotatable bonds is 2. The summed E-state index contributed by atoms with van der Waals surface area (Å²) in [6.07, 6.45) is 9.00. The summed E-state index contributed by atoms with van der Waals surface area (Å²) < 4.78 is 8.16. The summed E-state index contributed by atoms with van der Waals surface area (Å²) in [7, 11) is 1.88. The van der Waals surface area contributed by atoms with Gasteiger partial charge in [0, 0.05) is 43.5 Å². The summed E-state index contributed by atoms with van der Waals surface area (Å²) >= 11 is 0. The topological polar surface area (TPSA) is 76.4 Å². The number of guanidine groups is 1. The van der Waals surface area contributed by atoms with Gasteiger partial charge in [-0.2, -0.15) is 5.10 Å². The first-order chi connectivity index (χ1) is 12.7. The molecule has 1 saturated heterocycles. The average molecular weight is 358 g/mol. The predicted molar refractivity (Wildman–Crippen MR) is 99.0 cm³/mol. The van der Waals surface area contributed by atoms with Crippen LogP contribution in [0, 0.1) is 18.3 Å². The summed E-state index contributed by atoms with van der Waals surface area (Å²) in [5.74, 6) is 3.57. The van der Waals surface area contributed by atoms with Crippen molar-refractivity contribution in [1.82, 2.24) is 25.4 Å². The van der Waals surface area contributed by atoms with Crippen LogP contribution < -0.4 is 10.6 Å². The Kier molecular flexibility index (Phi) is 3.95. The Bertz CT molecular complexity index is 707. The van der Waals surface area contributed by atoms with Gasteiger partial charge >= 0.3 is 0 Å². The van der Waals surface area contributed by atoms with Crippen molar-refractivity contribution in [3.63, 3.8) is 0 Å². The molecule has 4 unspecified atom stereocenters. The maximum absolute atomic E-state index is 6.11. The maximum atomic E-state index is 6.11. The van der Waals surface area contributed by atoms with Crippen molar-refractivity contribution >= 4 is 5.96 Å². The molecule has 0 radical (unpaired) electrons. The second-order valence-corrected chi connectivity index (χ2v) is 8.52. The van der Waals surface area contributed by atoms with E-state index >= 15 is 0 Å². The lowest BCUT2D eigenvalue weighted by Gasteiger charge is -2.57. The highest BCUT2D eigenvalue weighted by atomic mass is 16.5. The molecule has 0 aromatic carbocycles. The van der Waals surface area contributed by atoms with Gasteiger partial charge in [0.2, 0.25) is 0 Å². The zero-order chi connectivity index (χ0) is 17.7. The lowest BCUT2D eigenvalue weighted by molar-refractivity contribution is -0.125. The van der Waals surface area contributed by atoms with Gasteiger partial charge in [-0.25, -0.2) is 9.67 Å². The van der Waals surface area contributed by atoms with Crippen molar-refractivity contribution in [3.8, 4) is 0 Å². The first kappa shape index (κ1) is 16.5. The van der Waals surface area contributed by atoms with Crippen LogP contribution in [0.3, 0.4) is 0 Å². The molecule has 0 bridgehead atoms. The van der Waals surface area contributed by atoms with E-state index in [-0.39, 0.29) is 0 Å². The fourth-order valence-electron chi connectivity index (χ4n) is 5.97. The van der Waals surface area contributed by atoms with E-state index in [1.807, 2.05) is 18.7 Å². The van der Waals surface area contributed by atoms with Gasteiger partial charge < -0.3 is 15.4 Å². The normalized spacial score (nSPS) is 35.1. The lowest BCUT2D eigenvalue weighted by atomic mass is 9.54. The van der Waals surface area contributed by atoms with Crippen LogP contribution in [-0.4, -0.2) is 52.6 Å². The Labute approximate surface area is 155 Å². The van der Waals surface area contributed by atoms with Crippen molar-refractivity contribution in [2.45, 2.75) is 76.6 Å². The molecule has 2 aliphatic carbocycles. The minimum absolute atomic E-state index is 0.349. The first-order valence-electron chi connectivity index (χ1n) is 10.2. The largest absolute Gasteiger partial charge is 0.377 e. The van der Waals surface area contributed by atoms with Crippen molar-refractivity contribution in [1.29, 1.82) is 0 Å². The second kappa shape index (κ2) is 6.22. The summed E-state index contributed by atoms with van der Waals surface area (Å²) in [4.78, 5) is 9.05. The zero-order valence-electron chi connectivity index (χ0n) is 15.9. The molecule has 1 spiro atoms. The number of nitrogens with one attached hydrogen (secondary N) is 2. The van der Waals surface area contributed by atoms with Gasteiger partial charge in [-0.3, -0.25) is 4.99 Å². The molecule has 1 aromatic heterocycles. The number of aromatic nitrogens is 3. The Morgan fingerprint density at radius 3 is 2.92 bits per heavy atom. The van der Waals surface area contributed by atoms with Crippen LogP contribution in [0.15, 0.2) is 4.99 Å². The van der Waals surface area contributed by atoms with E-state index in [9.17, 15) is 0 Å². The van der Waals surface area contributed by atoms with E-state index in [1.54, 1.807) is 0 Å². The number of hydrogen-bond donors (Lipinski definition) is 2. The smallest absolute Gasteiger partial charge is 0.191 e. The lowest BCUT2D eigenvalue weighted by Crippen LogP contribution is -2.69. The summed E-state index contributed by atoms with van der Waals surface area (Å²) in [6.45, 7) is 3.76. The van der Waals surface area contributed by atoms with E-state index in [1.165, 1.54) is 32.1 Å². The van der Waals surface area contributed by atoms with Crippen LogP contribution in [0.2, 0.25) is 0 Å². The molecule has 26 heavy (non-hydrogen) atoms. The Morgan fingerprint density at radius 2 is 2.12 bits per heavy atom. The fraction of sp³-hybridized carbons (Fsp3) is 0.842. The zero-order valence-corrected chi connectivity index (χ0v) is 15.9. The predicted octanol–water partition coefficient (Wildman–Crippen LogP) is 1.41. The number of hydrogen-bond acceptors (Lipinski definition) is 4. The number of fused-ring (bicyclic) bond motifs is 3. The first-order valence-corrected chi connectivity index (χ1v) is 10.2. The van der Waals surface area contributed by atoms with Crippen LogP contribution >= 0.6 is 0 Å². The highest BCUT2D eigenvalue weighted by Crippen LogP contribution is 2.60. The molecular formula is C19H30N6O. The highest BCUT2D eigenvalue weighted by Gasteiger charge is 2.65. The minimum Gasteiger partial charge on any atom is -0.377 e. The average Bonchev–Trinajstić information content (AvgIpc) is 3.35. The SMILES string of the molecule is CN=C(NC1CCc2nc(C)nn2C1)NC1C2CCOC2C12CCCC2. The van der Waals surface area contributed by atoms with Crippen LogP contribution in [0.5, 0.6) is 0 Å². The standard InChI is InChI=1S/C19H30N6O/c1-12-21-15-6-5-13(11-25(15)24-12)22-18(20-2)23-16-14-7-10-26-17(14)19(16)8-3-4-9-19/h13-14,16-17H,3-11H2,1-2H3,(H2,20,22,23). The molecule has 4 atom stereocenters. The third-order valence-electron chi connectivity index (χ3n) is 7.11. The van der Waals surface area contributed by atoms with Gasteiger partial charge in [0.1, 0.15) is 11.6 Å². The Balaban J connectivity index is 1.26. The van der Waals surface area contributed by atoms with Gasteiger partial charge in [-0.1, -0.05) is 12.8 Å². The molecule has 3 heterocycles. The maximum Gasteiger partial charge on any atom is 0.191 e. The van der Waals surface area contributed by atoms with Crippen molar-refractivity contribution in [2.24, 2.45) is 16.3 Å². The quantitative estimate of drug-likeness (QED) is 0.618. The van der Waals surface area contributed by atoms with E-state index in [0.717, 1.165) is 43.6 Å². The molecule has 2 N–H and O–H groups in total. The van der Waals surface area contributed by atoms with Gasteiger partial charge in [0.05, 0.1) is 12.6 Å². The third-order valence-corrected chi connectivity index (χ3v) is 7.11. The minimum atomic E-state index is 0.349. The molecule has 7 heteroatoms. The molecule has 0 amide bonds. The van der Waals surface area contributed by atoms with E-state index in [4.69, 9.17) is 4.74 Å².